The average Bonchev–Trinajstić information content (AvgIpc) is 2.48. The van der Waals surface area contributed by atoms with Crippen molar-refractivity contribution in [3.8, 4) is 0 Å². The van der Waals surface area contributed by atoms with Crippen molar-refractivity contribution in [1.29, 1.82) is 0 Å². The van der Waals surface area contributed by atoms with Crippen LogP contribution in [0.25, 0.3) is 10.8 Å². The summed E-state index contributed by atoms with van der Waals surface area (Å²) in [5.74, 6) is 0.295. The Morgan fingerprint density at radius 3 is 2.65 bits per heavy atom. The lowest BCUT2D eigenvalue weighted by molar-refractivity contribution is -0.0271. The summed E-state index contributed by atoms with van der Waals surface area (Å²) in [4.78, 5) is 0. The van der Waals surface area contributed by atoms with Crippen LogP contribution < -0.4 is 5.32 Å². The molecule has 1 heterocycles. The van der Waals surface area contributed by atoms with Gasteiger partial charge in [0.1, 0.15) is 0 Å². The molecule has 3 heteroatoms. The SMILES string of the molecule is O[C@@H]1C[C@H]2c3c(ccc4ccccc34)CN[C@H]2C[C@@H]1O. The molecule has 4 rings (SSSR count). The Morgan fingerprint density at radius 1 is 0.950 bits per heavy atom. The monoisotopic (exact) mass is 269 g/mol. The van der Waals surface area contributed by atoms with Gasteiger partial charge in [0.25, 0.3) is 0 Å². The Morgan fingerprint density at radius 2 is 1.75 bits per heavy atom. The van der Waals surface area contributed by atoms with Crippen molar-refractivity contribution >= 4 is 10.8 Å². The molecule has 0 radical (unpaired) electrons. The van der Waals surface area contributed by atoms with Crippen LogP contribution in [0, 0.1) is 0 Å². The van der Waals surface area contributed by atoms with Crippen molar-refractivity contribution < 1.29 is 10.2 Å². The standard InChI is InChI=1S/C17H19NO2/c19-15-7-13-14(8-16(15)20)18-9-11-6-5-10-3-1-2-4-12(10)17(11)13/h1-6,13-16,18-20H,7-9H2/t13-,14+,15-,16+/m1/s1. The molecular formula is C17H19NO2. The van der Waals surface area contributed by atoms with Gasteiger partial charge in [-0.2, -0.15) is 0 Å². The van der Waals surface area contributed by atoms with Crippen LogP contribution in [-0.4, -0.2) is 28.5 Å². The van der Waals surface area contributed by atoms with E-state index in [2.05, 4.69) is 41.7 Å². The highest BCUT2D eigenvalue weighted by atomic mass is 16.3. The van der Waals surface area contributed by atoms with E-state index in [9.17, 15) is 10.2 Å². The molecule has 0 unspecified atom stereocenters. The van der Waals surface area contributed by atoms with Gasteiger partial charge in [0.05, 0.1) is 12.2 Å². The van der Waals surface area contributed by atoms with Crippen molar-refractivity contribution in [3.05, 3.63) is 47.5 Å². The molecule has 0 spiro atoms. The fraction of sp³-hybridized carbons (Fsp3) is 0.412. The first-order valence-corrected chi connectivity index (χ1v) is 7.34. The van der Waals surface area contributed by atoms with Crippen molar-refractivity contribution in [3.63, 3.8) is 0 Å². The van der Waals surface area contributed by atoms with Gasteiger partial charge in [0, 0.05) is 18.5 Å². The number of fused-ring (bicyclic) bond motifs is 5. The predicted octanol–water partition coefficient (Wildman–Crippen LogP) is 1.91. The minimum Gasteiger partial charge on any atom is -0.390 e. The number of benzene rings is 2. The summed E-state index contributed by atoms with van der Waals surface area (Å²) >= 11 is 0. The average molecular weight is 269 g/mol. The molecule has 0 saturated heterocycles. The zero-order chi connectivity index (χ0) is 13.7. The minimum absolute atomic E-state index is 0.270. The van der Waals surface area contributed by atoms with E-state index in [0.717, 1.165) is 6.54 Å². The Hall–Kier alpha value is -1.42. The lowest BCUT2D eigenvalue weighted by Gasteiger charge is -2.42. The summed E-state index contributed by atoms with van der Waals surface area (Å²) in [6.45, 7) is 0.851. The van der Waals surface area contributed by atoms with Crippen molar-refractivity contribution in [2.24, 2.45) is 0 Å². The van der Waals surface area contributed by atoms with E-state index < -0.39 is 12.2 Å². The summed E-state index contributed by atoms with van der Waals surface area (Å²) in [5, 5.41) is 26.0. The predicted molar refractivity (Wildman–Crippen MR) is 78.6 cm³/mol. The Labute approximate surface area is 118 Å². The molecule has 104 valence electrons. The van der Waals surface area contributed by atoms with Gasteiger partial charge in [-0.15, -0.1) is 0 Å². The molecule has 2 aromatic rings. The molecule has 1 saturated carbocycles. The molecule has 0 amide bonds. The second-order valence-electron chi connectivity index (χ2n) is 6.06. The van der Waals surface area contributed by atoms with Gasteiger partial charge in [-0.1, -0.05) is 36.4 Å². The highest BCUT2D eigenvalue weighted by Gasteiger charge is 2.39. The van der Waals surface area contributed by atoms with Gasteiger partial charge in [-0.3, -0.25) is 0 Å². The summed E-state index contributed by atoms with van der Waals surface area (Å²) in [6, 6.07) is 13.1. The molecule has 1 fully saturated rings. The van der Waals surface area contributed by atoms with Crippen LogP contribution >= 0.6 is 0 Å². The third kappa shape index (κ3) is 1.78. The van der Waals surface area contributed by atoms with Crippen LogP contribution in [0.3, 0.4) is 0 Å². The first kappa shape index (κ1) is 12.3. The molecule has 2 aliphatic rings. The van der Waals surface area contributed by atoms with Gasteiger partial charge in [0.2, 0.25) is 0 Å². The summed E-state index contributed by atoms with van der Waals surface area (Å²) in [6.07, 6.45) is 0.0668. The van der Waals surface area contributed by atoms with E-state index in [1.54, 1.807) is 0 Å². The van der Waals surface area contributed by atoms with Crippen LogP contribution in [0.1, 0.15) is 29.9 Å². The number of hydrogen-bond donors (Lipinski definition) is 3. The second-order valence-corrected chi connectivity index (χ2v) is 6.06. The van der Waals surface area contributed by atoms with Gasteiger partial charge in [-0.25, -0.2) is 0 Å². The number of hydrogen-bond acceptors (Lipinski definition) is 3. The van der Waals surface area contributed by atoms with E-state index in [1.165, 1.54) is 21.9 Å². The summed E-state index contributed by atoms with van der Waals surface area (Å²) in [5.41, 5.74) is 2.70. The van der Waals surface area contributed by atoms with Gasteiger partial charge >= 0.3 is 0 Å². The summed E-state index contributed by atoms with van der Waals surface area (Å²) < 4.78 is 0. The molecule has 0 bridgehead atoms. The molecule has 1 aliphatic carbocycles. The number of nitrogens with one attached hydrogen (secondary N) is 1. The van der Waals surface area contributed by atoms with Crippen LogP contribution in [-0.2, 0) is 6.54 Å². The fourth-order valence-electron chi connectivity index (χ4n) is 3.88. The highest BCUT2D eigenvalue weighted by molar-refractivity contribution is 5.87. The summed E-state index contributed by atoms with van der Waals surface area (Å²) in [7, 11) is 0. The minimum atomic E-state index is -0.608. The number of aliphatic hydroxyl groups excluding tert-OH is 2. The Bertz CT molecular complexity index is 654. The van der Waals surface area contributed by atoms with Crippen LogP contribution in [0.4, 0.5) is 0 Å². The molecular weight excluding hydrogens is 250 g/mol. The number of rotatable bonds is 0. The van der Waals surface area contributed by atoms with Crippen LogP contribution in [0.15, 0.2) is 36.4 Å². The first-order chi connectivity index (χ1) is 9.74. The molecule has 1 aliphatic heterocycles. The fourth-order valence-corrected chi connectivity index (χ4v) is 3.88. The third-order valence-corrected chi connectivity index (χ3v) is 4.91. The second kappa shape index (κ2) is 4.55. The largest absolute Gasteiger partial charge is 0.390 e. The van der Waals surface area contributed by atoms with Crippen molar-refractivity contribution in [1.82, 2.24) is 5.32 Å². The van der Waals surface area contributed by atoms with E-state index in [-0.39, 0.29) is 6.04 Å². The topological polar surface area (TPSA) is 52.5 Å². The molecule has 20 heavy (non-hydrogen) atoms. The molecule has 0 aromatic heterocycles. The van der Waals surface area contributed by atoms with Crippen LogP contribution in [0.2, 0.25) is 0 Å². The van der Waals surface area contributed by atoms with Crippen molar-refractivity contribution in [2.45, 2.75) is 43.6 Å². The number of aliphatic hydroxyl groups is 2. The van der Waals surface area contributed by atoms with E-state index in [0.29, 0.717) is 18.8 Å². The maximum atomic E-state index is 10.0. The quantitative estimate of drug-likeness (QED) is 0.685. The lowest BCUT2D eigenvalue weighted by atomic mass is 9.72. The van der Waals surface area contributed by atoms with E-state index in [4.69, 9.17) is 0 Å². The molecule has 3 N–H and O–H groups in total. The van der Waals surface area contributed by atoms with Gasteiger partial charge < -0.3 is 15.5 Å². The molecule has 2 aromatic carbocycles. The molecule has 3 nitrogen and oxygen atoms in total. The van der Waals surface area contributed by atoms with Gasteiger partial charge in [-0.05, 0) is 34.7 Å². The highest BCUT2D eigenvalue weighted by Crippen LogP contribution is 2.41. The van der Waals surface area contributed by atoms with E-state index >= 15 is 0 Å². The maximum Gasteiger partial charge on any atom is 0.0814 e. The third-order valence-electron chi connectivity index (χ3n) is 4.91. The lowest BCUT2D eigenvalue weighted by Crippen LogP contribution is -2.49. The zero-order valence-electron chi connectivity index (χ0n) is 11.3. The smallest absolute Gasteiger partial charge is 0.0814 e. The van der Waals surface area contributed by atoms with Crippen LogP contribution in [0.5, 0.6) is 0 Å². The Balaban J connectivity index is 1.88. The van der Waals surface area contributed by atoms with Gasteiger partial charge in [0.15, 0.2) is 0 Å². The normalized spacial score (nSPS) is 32.7. The maximum absolute atomic E-state index is 10.0. The van der Waals surface area contributed by atoms with Crippen molar-refractivity contribution in [2.75, 3.05) is 0 Å². The zero-order valence-corrected chi connectivity index (χ0v) is 11.3. The van der Waals surface area contributed by atoms with E-state index in [1.807, 2.05) is 0 Å². The molecule has 4 atom stereocenters. The first-order valence-electron chi connectivity index (χ1n) is 7.34. The Kier molecular flexibility index (Phi) is 2.81.